The molecule has 0 saturated heterocycles. The molecule has 2 N–H and O–H groups in total. The van der Waals surface area contributed by atoms with Gasteiger partial charge in [-0.2, -0.15) is 0 Å². The predicted molar refractivity (Wildman–Crippen MR) is 78.9 cm³/mol. The molecule has 1 aromatic heterocycles. The maximum atomic E-state index is 12.1. The highest BCUT2D eigenvalue weighted by Gasteiger charge is 2.19. The number of hydrogen-bond acceptors (Lipinski definition) is 4. The fraction of sp³-hybridized carbons (Fsp3) is 0.167. The summed E-state index contributed by atoms with van der Waals surface area (Å²) in [5, 5.41) is 9.16. The normalized spacial score (nSPS) is 11.7. The first kappa shape index (κ1) is 14.5. The molecule has 102 valence electrons. The third-order valence-electron chi connectivity index (χ3n) is 2.53. The Morgan fingerprint density at radius 1 is 1.32 bits per heavy atom. The number of aromatic hydroxyl groups is 1. The molecular formula is C12H12BrNO3S2. The molecule has 0 fully saturated rings. The van der Waals surface area contributed by atoms with Crippen molar-refractivity contribution in [3.05, 3.63) is 44.6 Å². The van der Waals surface area contributed by atoms with Crippen molar-refractivity contribution >= 4 is 37.3 Å². The molecular weight excluding hydrogens is 350 g/mol. The van der Waals surface area contributed by atoms with Crippen LogP contribution in [0.5, 0.6) is 5.75 Å². The van der Waals surface area contributed by atoms with E-state index in [9.17, 15) is 8.42 Å². The lowest BCUT2D eigenvalue weighted by molar-refractivity contribution is 0.475. The Balaban J connectivity index is 2.14. The first-order chi connectivity index (χ1) is 8.88. The Labute approximate surface area is 124 Å². The van der Waals surface area contributed by atoms with Crippen LogP contribution < -0.4 is 4.72 Å². The molecule has 0 radical (unpaired) electrons. The van der Waals surface area contributed by atoms with Crippen LogP contribution in [-0.4, -0.2) is 13.5 Å². The molecule has 19 heavy (non-hydrogen) atoms. The zero-order chi connectivity index (χ0) is 14.0. The molecule has 0 unspecified atom stereocenters. The van der Waals surface area contributed by atoms with Gasteiger partial charge in [0, 0.05) is 11.4 Å². The highest BCUT2D eigenvalue weighted by Crippen LogP contribution is 2.29. The number of sulfonamides is 1. The van der Waals surface area contributed by atoms with Gasteiger partial charge in [-0.3, -0.25) is 0 Å². The highest BCUT2D eigenvalue weighted by molar-refractivity contribution is 9.11. The van der Waals surface area contributed by atoms with Crippen molar-refractivity contribution in [2.45, 2.75) is 18.4 Å². The molecule has 0 aliphatic heterocycles. The van der Waals surface area contributed by atoms with E-state index in [1.165, 1.54) is 23.5 Å². The maximum Gasteiger partial charge on any atom is 0.242 e. The fourth-order valence-corrected chi connectivity index (χ4v) is 5.00. The number of nitrogens with one attached hydrogen (secondary N) is 1. The summed E-state index contributed by atoms with van der Waals surface area (Å²) in [4.78, 5) is 1.04. The van der Waals surface area contributed by atoms with E-state index in [4.69, 9.17) is 5.11 Å². The van der Waals surface area contributed by atoms with Gasteiger partial charge in [-0.1, -0.05) is 12.1 Å². The zero-order valence-corrected chi connectivity index (χ0v) is 13.3. The van der Waals surface area contributed by atoms with Gasteiger partial charge in [0.2, 0.25) is 10.0 Å². The lowest BCUT2D eigenvalue weighted by Gasteiger charge is -2.06. The smallest absolute Gasteiger partial charge is 0.242 e. The van der Waals surface area contributed by atoms with Crippen molar-refractivity contribution in [3.63, 3.8) is 0 Å². The molecule has 2 rings (SSSR count). The Morgan fingerprint density at radius 2 is 1.95 bits per heavy atom. The van der Waals surface area contributed by atoms with Crippen molar-refractivity contribution in [1.82, 2.24) is 4.72 Å². The minimum Gasteiger partial charge on any atom is -0.508 e. The summed E-state index contributed by atoms with van der Waals surface area (Å²) < 4.78 is 27.6. The van der Waals surface area contributed by atoms with Crippen molar-refractivity contribution in [1.29, 1.82) is 0 Å². The quantitative estimate of drug-likeness (QED) is 0.879. The van der Waals surface area contributed by atoms with Crippen LogP contribution in [0.1, 0.15) is 10.4 Å². The number of phenolic OH excluding ortho intramolecular Hbond substituents is 1. The van der Waals surface area contributed by atoms with E-state index >= 15 is 0 Å². The summed E-state index contributed by atoms with van der Waals surface area (Å²) in [5.41, 5.74) is 0.785. The van der Waals surface area contributed by atoms with E-state index in [2.05, 4.69) is 20.7 Å². The van der Waals surface area contributed by atoms with Gasteiger partial charge in [-0.05, 0) is 46.6 Å². The molecule has 0 aliphatic rings. The predicted octanol–water partition coefficient (Wildman–Crippen LogP) is 3.00. The number of hydrogen-bond donors (Lipinski definition) is 2. The second-order valence-corrected chi connectivity index (χ2v) is 8.33. The topological polar surface area (TPSA) is 66.4 Å². The lowest BCUT2D eigenvalue weighted by atomic mass is 10.2. The van der Waals surface area contributed by atoms with Crippen LogP contribution in [0, 0.1) is 6.92 Å². The van der Waals surface area contributed by atoms with Crippen LogP contribution in [0.4, 0.5) is 0 Å². The molecule has 2 aromatic rings. The molecule has 4 nitrogen and oxygen atoms in total. The average Bonchev–Trinajstić information content (AvgIpc) is 2.69. The van der Waals surface area contributed by atoms with E-state index in [0.717, 1.165) is 14.2 Å². The van der Waals surface area contributed by atoms with Gasteiger partial charge in [0.15, 0.2) is 0 Å². The van der Waals surface area contributed by atoms with Crippen LogP contribution in [0.25, 0.3) is 0 Å². The largest absolute Gasteiger partial charge is 0.508 e. The molecule has 0 spiro atoms. The van der Waals surface area contributed by atoms with Crippen LogP contribution >= 0.6 is 27.3 Å². The molecule has 1 heterocycles. The molecule has 1 aromatic carbocycles. The van der Waals surface area contributed by atoms with E-state index in [0.29, 0.717) is 4.90 Å². The molecule has 0 saturated carbocycles. The van der Waals surface area contributed by atoms with E-state index in [1.807, 2.05) is 0 Å². The van der Waals surface area contributed by atoms with Crippen LogP contribution in [-0.2, 0) is 16.6 Å². The van der Waals surface area contributed by atoms with Crippen molar-refractivity contribution in [2.24, 2.45) is 0 Å². The molecule has 0 atom stereocenters. The van der Waals surface area contributed by atoms with Crippen molar-refractivity contribution < 1.29 is 13.5 Å². The van der Waals surface area contributed by atoms with Gasteiger partial charge in [0.05, 0.1) is 8.68 Å². The van der Waals surface area contributed by atoms with Gasteiger partial charge < -0.3 is 5.11 Å². The van der Waals surface area contributed by atoms with Crippen molar-refractivity contribution in [3.8, 4) is 5.75 Å². The number of rotatable bonds is 4. The summed E-state index contributed by atoms with van der Waals surface area (Å²) in [7, 11) is -3.51. The fourth-order valence-electron chi connectivity index (χ4n) is 1.57. The van der Waals surface area contributed by atoms with Gasteiger partial charge in [0.25, 0.3) is 0 Å². The number of aryl methyl sites for hydroxylation is 1. The third-order valence-corrected chi connectivity index (χ3v) is 5.74. The minimum absolute atomic E-state index is 0.157. The molecule has 0 bridgehead atoms. The Morgan fingerprint density at radius 3 is 2.47 bits per heavy atom. The minimum atomic E-state index is -3.51. The standard InChI is InChI=1S/C12H12BrNO3S2/c1-8-11(6-12(13)18-8)19(16,17)14-7-9-2-4-10(15)5-3-9/h2-6,14-15H,7H2,1H3. The highest BCUT2D eigenvalue weighted by atomic mass is 79.9. The number of benzene rings is 1. The summed E-state index contributed by atoms with van der Waals surface area (Å²) in [6, 6.07) is 7.99. The second-order valence-electron chi connectivity index (χ2n) is 3.96. The summed E-state index contributed by atoms with van der Waals surface area (Å²) in [6.45, 7) is 1.96. The second kappa shape index (κ2) is 5.62. The zero-order valence-electron chi connectivity index (χ0n) is 10.1. The van der Waals surface area contributed by atoms with Gasteiger partial charge >= 0.3 is 0 Å². The average molecular weight is 362 g/mol. The molecule has 0 amide bonds. The monoisotopic (exact) mass is 361 g/mol. The van der Waals surface area contributed by atoms with Gasteiger partial charge in [-0.25, -0.2) is 13.1 Å². The summed E-state index contributed by atoms with van der Waals surface area (Å²) in [5.74, 6) is 0.157. The van der Waals surface area contributed by atoms with Crippen LogP contribution in [0.15, 0.2) is 39.0 Å². The number of halogens is 1. The van der Waals surface area contributed by atoms with E-state index < -0.39 is 10.0 Å². The first-order valence-corrected chi connectivity index (χ1v) is 8.51. The number of thiophene rings is 1. The molecule has 0 aliphatic carbocycles. The van der Waals surface area contributed by atoms with Crippen LogP contribution in [0.3, 0.4) is 0 Å². The maximum absolute atomic E-state index is 12.1. The Hall–Kier alpha value is -0.890. The molecule has 7 heteroatoms. The summed E-state index contributed by atoms with van der Waals surface area (Å²) >= 11 is 4.66. The van der Waals surface area contributed by atoms with Gasteiger partial charge in [-0.15, -0.1) is 11.3 Å². The lowest BCUT2D eigenvalue weighted by Crippen LogP contribution is -2.23. The van der Waals surface area contributed by atoms with E-state index in [1.54, 1.807) is 25.1 Å². The SMILES string of the molecule is Cc1sc(Br)cc1S(=O)(=O)NCc1ccc(O)cc1. The Bertz CT molecular complexity index is 678. The van der Waals surface area contributed by atoms with Gasteiger partial charge in [0.1, 0.15) is 5.75 Å². The van der Waals surface area contributed by atoms with Crippen molar-refractivity contribution in [2.75, 3.05) is 0 Å². The summed E-state index contributed by atoms with van der Waals surface area (Å²) in [6.07, 6.45) is 0. The Kier molecular flexibility index (Phi) is 4.29. The first-order valence-electron chi connectivity index (χ1n) is 5.42. The number of phenols is 1. The van der Waals surface area contributed by atoms with Crippen LogP contribution in [0.2, 0.25) is 0 Å². The third kappa shape index (κ3) is 3.56. The van der Waals surface area contributed by atoms with E-state index in [-0.39, 0.29) is 12.3 Å².